The zero-order valence-corrected chi connectivity index (χ0v) is 19.0. The van der Waals surface area contributed by atoms with Crippen molar-refractivity contribution in [3.8, 4) is 17.2 Å². The topological polar surface area (TPSA) is 84.3 Å². The third-order valence-corrected chi connectivity index (χ3v) is 4.26. The van der Waals surface area contributed by atoms with Crippen LogP contribution in [0.3, 0.4) is 0 Å². The van der Waals surface area contributed by atoms with Gasteiger partial charge in [-0.15, -0.1) is 24.0 Å². The number of aliphatic imine (C=N–C) groups is 1. The van der Waals surface area contributed by atoms with Crippen molar-refractivity contribution in [1.29, 1.82) is 0 Å². The highest BCUT2D eigenvalue weighted by atomic mass is 127. The van der Waals surface area contributed by atoms with Crippen LogP contribution >= 0.6 is 24.0 Å². The molecular weight excluding hydrogens is 485 g/mol. The number of fused-ring (bicyclic) bond motifs is 1. The van der Waals surface area contributed by atoms with Crippen molar-refractivity contribution >= 4 is 35.6 Å². The Kier molecular flexibility index (Phi) is 9.33. The molecule has 2 aromatic carbocycles. The molecule has 0 aromatic heterocycles. The fourth-order valence-electron chi connectivity index (χ4n) is 2.82. The monoisotopic (exact) mass is 513 g/mol. The summed E-state index contributed by atoms with van der Waals surface area (Å²) in [6.45, 7) is 4.20. The second-order valence-electron chi connectivity index (χ2n) is 6.35. The highest BCUT2D eigenvalue weighted by Crippen LogP contribution is 2.32. The predicted octanol–water partition coefficient (Wildman–Crippen LogP) is 3.59. The number of methoxy groups -OCH3 is 1. The van der Waals surface area contributed by atoms with Crippen LogP contribution in [0.1, 0.15) is 25.0 Å². The lowest BCUT2D eigenvalue weighted by atomic mass is 10.1. The molecule has 0 fully saturated rings. The lowest BCUT2D eigenvalue weighted by Crippen LogP contribution is -2.31. The van der Waals surface area contributed by atoms with Crippen molar-refractivity contribution in [3.05, 3.63) is 48.0 Å². The second-order valence-corrected chi connectivity index (χ2v) is 6.35. The van der Waals surface area contributed by atoms with Crippen molar-refractivity contribution in [2.24, 2.45) is 4.99 Å². The molecule has 7 nitrogen and oxygen atoms in total. The van der Waals surface area contributed by atoms with Gasteiger partial charge in [-0.3, -0.25) is 0 Å². The van der Waals surface area contributed by atoms with E-state index < -0.39 is 6.10 Å². The number of guanidine groups is 1. The van der Waals surface area contributed by atoms with Crippen molar-refractivity contribution in [2.45, 2.75) is 19.4 Å². The van der Waals surface area contributed by atoms with Gasteiger partial charge in [0, 0.05) is 24.7 Å². The van der Waals surface area contributed by atoms with Crippen LogP contribution in [0.5, 0.6) is 17.2 Å². The van der Waals surface area contributed by atoms with E-state index in [1.807, 2.05) is 49.4 Å². The number of rotatable bonds is 6. The number of aliphatic hydroxyl groups is 1. The summed E-state index contributed by atoms with van der Waals surface area (Å²) in [5.41, 5.74) is 1.59. The fourth-order valence-corrected chi connectivity index (χ4v) is 2.82. The average Bonchev–Trinajstić information content (AvgIpc) is 2.97. The second kappa shape index (κ2) is 11.7. The van der Waals surface area contributed by atoms with E-state index in [1.54, 1.807) is 7.11 Å². The summed E-state index contributed by atoms with van der Waals surface area (Å²) in [4.78, 5) is 4.50. The minimum Gasteiger partial charge on any atom is -0.497 e. The predicted molar refractivity (Wildman–Crippen MR) is 125 cm³/mol. The summed E-state index contributed by atoms with van der Waals surface area (Å²) in [7, 11) is 1.60. The average molecular weight is 513 g/mol. The van der Waals surface area contributed by atoms with Crippen LogP contribution in [0.2, 0.25) is 0 Å². The Morgan fingerprint density at radius 3 is 2.72 bits per heavy atom. The van der Waals surface area contributed by atoms with Gasteiger partial charge in [-0.1, -0.05) is 12.1 Å². The maximum absolute atomic E-state index is 10.5. The fraction of sp³-hybridized carbons (Fsp3) is 0.381. The molecule has 1 unspecified atom stereocenters. The number of ether oxygens (including phenoxy) is 3. The molecule has 1 atom stereocenters. The molecule has 3 N–H and O–H groups in total. The third kappa shape index (κ3) is 6.67. The van der Waals surface area contributed by atoms with Gasteiger partial charge in [-0.2, -0.15) is 0 Å². The summed E-state index contributed by atoms with van der Waals surface area (Å²) in [6.07, 6.45) is 0.137. The molecule has 0 radical (unpaired) electrons. The minimum atomic E-state index is -0.727. The summed E-state index contributed by atoms with van der Waals surface area (Å²) in [6, 6.07) is 13.1. The van der Waals surface area contributed by atoms with Crippen molar-refractivity contribution in [3.63, 3.8) is 0 Å². The van der Waals surface area contributed by atoms with E-state index in [-0.39, 0.29) is 30.5 Å². The van der Waals surface area contributed by atoms with E-state index in [1.165, 1.54) is 0 Å². The molecule has 29 heavy (non-hydrogen) atoms. The first-order chi connectivity index (χ1) is 13.7. The first kappa shape index (κ1) is 23.1. The number of anilines is 1. The molecule has 8 heteroatoms. The third-order valence-electron chi connectivity index (χ3n) is 4.26. The summed E-state index contributed by atoms with van der Waals surface area (Å²) < 4.78 is 16.6. The number of benzene rings is 2. The SMILES string of the molecule is CCNC(=NCC(O)c1cccc(OC)c1)Nc1ccc2c(c1)OCCCO2.I. The first-order valence-electron chi connectivity index (χ1n) is 9.46. The number of halogens is 1. The molecule has 3 rings (SSSR count). The molecule has 0 amide bonds. The van der Waals surface area contributed by atoms with Gasteiger partial charge < -0.3 is 30.0 Å². The smallest absolute Gasteiger partial charge is 0.195 e. The summed E-state index contributed by atoms with van der Waals surface area (Å²) in [5, 5.41) is 16.9. The Morgan fingerprint density at radius 2 is 1.97 bits per heavy atom. The van der Waals surface area contributed by atoms with E-state index in [0.29, 0.717) is 31.5 Å². The molecule has 0 saturated carbocycles. The molecule has 0 aliphatic carbocycles. The van der Waals surface area contributed by atoms with Gasteiger partial charge in [0.1, 0.15) is 5.75 Å². The molecule has 1 aliphatic rings. The van der Waals surface area contributed by atoms with Gasteiger partial charge in [0.2, 0.25) is 0 Å². The Morgan fingerprint density at radius 1 is 1.17 bits per heavy atom. The van der Waals surface area contributed by atoms with E-state index in [0.717, 1.165) is 29.2 Å². The van der Waals surface area contributed by atoms with Crippen LogP contribution in [0.25, 0.3) is 0 Å². The van der Waals surface area contributed by atoms with Crippen LogP contribution in [-0.4, -0.2) is 44.5 Å². The van der Waals surface area contributed by atoms with Gasteiger partial charge in [0.25, 0.3) is 0 Å². The highest BCUT2D eigenvalue weighted by molar-refractivity contribution is 14.0. The van der Waals surface area contributed by atoms with Crippen LogP contribution in [0.4, 0.5) is 5.69 Å². The zero-order chi connectivity index (χ0) is 19.8. The van der Waals surface area contributed by atoms with Crippen LogP contribution in [-0.2, 0) is 0 Å². The number of aliphatic hydroxyl groups excluding tert-OH is 1. The molecule has 2 aromatic rings. The number of nitrogens with one attached hydrogen (secondary N) is 2. The van der Waals surface area contributed by atoms with Crippen molar-refractivity contribution in [2.75, 3.05) is 38.7 Å². The van der Waals surface area contributed by atoms with Crippen molar-refractivity contribution in [1.82, 2.24) is 5.32 Å². The highest BCUT2D eigenvalue weighted by Gasteiger charge is 2.12. The first-order valence-corrected chi connectivity index (χ1v) is 9.46. The van der Waals surface area contributed by atoms with Gasteiger partial charge in [0.15, 0.2) is 17.5 Å². The maximum atomic E-state index is 10.5. The lowest BCUT2D eigenvalue weighted by Gasteiger charge is -2.15. The number of hydrogen-bond acceptors (Lipinski definition) is 5. The van der Waals surface area contributed by atoms with E-state index in [2.05, 4.69) is 15.6 Å². The van der Waals surface area contributed by atoms with Gasteiger partial charge in [-0.25, -0.2) is 4.99 Å². The standard InChI is InChI=1S/C21H27N3O4.HI/c1-3-22-21(23-14-18(25)15-6-4-7-17(12-15)26-2)24-16-8-9-19-20(13-16)28-11-5-10-27-19;/h4,6-9,12-13,18,25H,3,5,10-11,14H2,1-2H3,(H2,22,23,24);1H. The van der Waals surface area contributed by atoms with Crippen LogP contribution in [0, 0.1) is 0 Å². The Balaban J connectivity index is 0.00000300. The van der Waals surface area contributed by atoms with Crippen LogP contribution < -0.4 is 24.8 Å². The Hall–Kier alpha value is -2.20. The largest absolute Gasteiger partial charge is 0.497 e. The molecule has 158 valence electrons. The Labute approximate surface area is 188 Å². The van der Waals surface area contributed by atoms with E-state index in [4.69, 9.17) is 14.2 Å². The molecule has 1 aliphatic heterocycles. The molecule has 0 saturated heterocycles. The maximum Gasteiger partial charge on any atom is 0.195 e. The van der Waals surface area contributed by atoms with E-state index in [9.17, 15) is 5.11 Å². The molecule has 0 bridgehead atoms. The molecule has 0 spiro atoms. The zero-order valence-electron chi connectivity index (χ0n) is 16.7. The van der Waals surface area contributed by atoms with Crippen molar-refractivity contribution < 1.29 is 19.3 Å². The molecular formula is C21H28IN3O4. The summed E-state index contributed by atoms with van der Waals surface area (Å²) >= 11 is 0. The Bertz CT molecular complexity index is 816. The minimum absolute atomic E-state index is 0. The van der Waals surface area contributed by atoms with Gasteiger partial charge in [0.05, 0.1) is 33.0 Å². The quantitative estimate of drug-likeness (QED) is 0.311. The number of hydrogen-bond donors (Lipinski definition) is 3. The van der Waals surface area contributed by atoms with Gasteiger partial charge in [-0.05, 0) is 36.8 Å². The van der Waals surface area contributed by atoms with E-state index >= 15 is 0 Å². The summed E-state index contributed by atoms with van der Waals surface area (Å²) in [5.74, 6) is 2.75. The lowest BCUT2D eigenvalue weighted by molar-refractivity contribution is 0.187. The molecule has 1 heterocycles. The normalized spacial score (nSPS) is 14.2. The van der Waals surface area contributed by atoms with Crippen LogP contribution in [0.15, 0.2) is 47.5 Å². The van der Waals surface area contributed by atoms with Gasteiger partial charge >= 0.3 is 0 Å². The number of nitrogens with zero attached hydrogens (tertiary/aromatic N) is 1.